The second-order valence-electron chi connectivity index (χ2n) is 7.41. The molecule has 0 aromatic heterocycles. The van der Waals surface area contributed by atoms with Gasteiger partial charge in [0.2, 0.25) is 0 Å². The van der Waals surface area contributed by atoms with Gasteiger partial charge in [0.25, 0.3) is 0 Å². The van der Waals surface area contributed by atoms with Crippen LogP contribution in [0.2, 0.25) is 0 Å². The maximum absolute atomic E-state index is 5.62. The molecule has 106 valence electrons. The normalized spacial score (nSPS) is 26.2. The van der Waals surface area contributed by atoms with Crippen LogP contribution in [0.4, 0.5) is 0 Å². The summed E-state index contributed by atoms with van der Waals surface area (Å²) in [7, 11) is 0. The van der Waals surface area contributed by atoms with E-state index in [1.54, 1.807) is 0 Å². The molecule has 0 spiro atoms. The van der Waals surface area contributed by atoms with Crippen molar-refractivity contribution in [2.45, 2.75) is 71.3 Å². The Balaban J connectivity index is 2.01. The first-order valence-electron chi connectivity index (χ1n) is 7.85. The van der Waals surface area contributed by atoms with Crippen molar-refractivity contribution in [3.05, 3.63) is 0 Å². The highest BCUT2D eigenvalue weighted by atomic mass is 16.5. The minimum absolute atomic E-state index is 0.236. The standard InChI is InChI=1S/C16H31NO/c1-15(2,3)17-13-16(9-11-18-12-10-16)14-7-5-4-6-8-14/h14,17H,4-13H2,1-3H3. The predicted molar refractivity (Wildman–Crippen MR) is 76.8 cm³/mol. The van der Waals surface area contributed by atoms with Crippen LogP contribution in [0.5, 0.6) is 0 Å². The summed E-state index contributed by atoms with van der Waals surface area (Å²) in [6.07, 6.45) is 9.78. The Kier molecular flexibility index (Phi) is 4.71. The van der Waals surface area contributed by atoms with Crippen LogP contribution in [0, 0.1) is 11.3 Å². The highest BCUT2D eigenvalue weighted by Gasteiger charge is 2.40. The van der Waals surface area contributed by atoms with E-state index >= 15 is 0 Å². The van der Waals surface area contributed by atoms with Gasteiger partial charge in [0.1, 0.15) is 0 Å². The molecule has 1 heterocycles. The van der Waals surface area contributed by atoms with Gasteiger partial charge in [-0.3, -0.25) is 0 Å². The second-order valence-corrected chi connectivity index (χ2v) is 7.41. The molecule has 2 aliphatic rings. The van der Waals surface area contributed by atoms with Crippen LogP contribution in [-0.2, 0) is 4.74 Å². The number of nitrogens with one attached hydrogen (secondary N) is 1. The molecule has 0 aromatic rings. The highest BCUT2D eigenvalue weighted by Crippen LogP contribution is 2.45. The molecule has 2 fully saturated rings. The van der Waals surface area contributed by atoms with Crippen molar-refractivity contribution < 1.29 is 4.74 Å². The number of rotatable bonds is 3. The van der Waals surface area contributed by atoms with Crippen molar-refractivity contribution in [3.63, 3.8) is 0 Å². The summed E-state index contributed by atoms with van der Waals surface area (Å²) in [4.78, 5) is 0. The van der Waals surface area contributed by atoms with Crippen LogP contribution in [0.15, 0.2) is 0 Å². The molecule has 2 nitrogen and oxygen atoms in total. The number of hydrogen-bond acceptors (Lipinski definition) is 2. The molecular formula is C16H31NO. The lowest BCUT2D eigenvalue weighted by Gasteiger charge is -2.46. The Morgan fingerprint density at radius 2 is 1.67 bits per heavy atom. The van der Waals surface area contributed by atoms with E-state index in [2.05, 4.69) is 26.1 Å². The van der Waals surface area contributed by atoms with Crippen molar-refractivity contribution in [2.75, 3.05) is 19.8 Å². The lowest BCUT2D eigenvalue weighted by molar-refractivity contribution is -0.0307. The van der Waals surface area contributed by atoms with Gasteiger partial charge in [0.05, 0.1) is 0 Å². The van der Waals surface area contributed by atoms with Gasteiger partial charge >= 0.3 is 0 Å². The van der Waals surface area contributed by atoms with Crippen molar-refractivity contribution in [1.82, 2.24) is 5.32 Å². The Hall–Kier alpha value is -0.0800. The van der Waals surface area contributed by atoms with Gasteiger partial charge < -0.3 is 10.1 Å². The molecule has 1 N–H and O–H groups in total. The average Bonchev–Trinajstić information content (AvgIpc) is 2.38. The summed E-state index contributed by atoms with van der Waals surface area (Å²) in [5, 5.41) is 3.77. The monoisotopic (exact) mass is 253 g/mol. The van der Waals surface area contributed by atoms with Gasteiger partial charge in [-0.25, -0.2) is 0 Å². The lowest BCUT2D eigenvalue weighted by Crippen LogP contribution is -2.49. The fraction of sp³-hybridized carbons (Fsp3) is 1.00. The van der Waals surface area contributed by atoms with Crippen LogP contribution in [0.25, 0.3) is 0 Å². The first-order valence-corrected chi connectivity index (χ1v) is 7.85. The number of hydrogen-bond donors (Lipinski definition) is 1. The van der Waals surface area contributed by atoms with E-state index in [-0.39, 0.29) is 5.54 Å². The zero-order valence-electron chi connectivity index (χ0n) is 12.6. The SMILES string of the molecule is CC(C)(C)NCC1(C2CCCCC2)CCOCC1. The number of ether oxygens (including phenoxy) is 1. The Bertz CT molecular complexity index is 244. The van der Waals surface area contributed by atoms with Gasteiger partial charge in [-0.2, -0.15) is 0 Å². The van der Waals surface area contributed by atoms with Gasteiger partial charge in [-0.05, 0) is 57.8 Å². The molecular weight excluding hydrogens is 222 g/mol. The van der Waals surface area contributed by atoms with Crippen molar-refractivity contribution in [3.8, 4) is 0 Å². The molecule has 0 amide bonds. The Labute approximate surface area is 113 Å². The minimum Gasteiger partial charge on any atom is -0.381 e. The Morgan fingerprint density at radius 3 is 2.22 bits per heavy atom. The first kappa shape index (κ1) is 14.3. The molecule has 18 heavy (non-hydrogen) atoms. The van der Waals surface area contributed by atoms with Gasteiger partial charge in [0.15, 0.2) is 0 Å². The summed E-state index contributed by atoms with van der Waals surface area (Å²) in [6, 6.07) is 0. The summed E-state index contributed by atoms with van der Waals surface area (Å²) < 4.78 is 5.62. The quantitative estimate of drug-likeness (QED) is 0.827. The summed E-state index contributed by atoms with van der Waals surface area (Å²) in [5.74, 6) is 0.935. The molecule has 0 radical (unpaired) electrons. The van der Waals surface area contributed by atoms with E-state index in [0.717, 1.165) is 19.1 Å². The zero-order chi connectivity index (χ0) is 13.1. The van der Waals surface area contributed by atoms with E-state index in [9.17, 15) is 0 Å². The largest absolute Gasteiger partial charge is 0.381 e. The lowest BCUT2D eigenvalue weighted by atomic mass is 9.64. The van der Waals surface area contributed by atoms with Crippen LogP contribution in [0.3, 0.4) is 0 Å². The molecule has 1 aliphatic carbocycles. The first-order chi connectivity index (χ1) is 8.52. The third-order valence-corrected chi connectivity index (χ3v) is 4.93. The van der Waals surface area contributed by atoms with Gasteiger partial charge in [-0.15, -0.1) is 0 Å². The van der Waals surface area contributed by atoms with E-state index in [1.165, 1.54) is 51.5 Å². The van der Waals surface area contributed by atoms with Crippen LogP contribution in [0.1, 0.15) is 65.7 Å². The molecule has 2 rings (SSSR count). The molecule has 2 heteroatoms. The summed E-state index contributed by atoms with van der Waals surface area (Å²) in [5.41, 5.74) is 0.756. The van der Waals surface area contributed by atoms with E-state index in [1.807, 2.05) is 0 Å². The average molecular weight is 253 g/mol. The maximum atomic E-state index is 5.62. The van der Waals surface area contributed by atoms with Crippen LogP contribution < -0.4 is 5.32 Å². The maximum Gasteiger partial charge on any atom is 0.0471 e. The predicted octanol–water partition coefficient (Wildman–Crippen LogP) is 3.75. The van der Waals surface area contributed by atoms with Gasteiger partial charge in [0, 0.05) is 25.3 Å². The smallest absolute Gasteiger partial charge is 0.0471 e. The second kappa shape index (κ2) is 5.92. The topological polar surface area (TPSA) is 21.3 Å². The van der Waals surface area contributed by atoms with Crippen molar-refractivity contribution in [1.29, 1.82) is 0 Å². The van der Waals surface area contributed by atoms with Crippen LogP contribution >= 0.6 is 0 Å². The fourth-order valence-corrected chi connectivity index (χ4v) is 3.66. The molecule has 0 atom stereocenters. The molecule has 0 unspecified atom stereocenters. The molecule has 0 bridgehead atoms. The van der Waals surface area contributed by atoms with Crippen molar-refractivity contribution in [2.24, 2.45) is 11.3 Å². The van der Waals surface area contributed by atoms with E-state index in [4.69, 9.17) is 4.74 Å². The molecule has 1 saturated heterocycles. The third-order valence-electron chi connectivity index (χ3n) is 4.93. The summed E-state index contributed by atoms with van der Waals surface area (Å²) in [6.45, 7) is 9.97. The molecule has 1 aliphatic heterocycles. The van der Waals surface area contributed by atoms with Crippen LogP contribution in [-0.4, -0.2) is 25.3 Å². The zero-order valence-corrected chi connectivity index (χ0v) is 12.6. The summed E-state index contributed by atoms with van der Waals surface area (Å²) >= 11 is 0. The molecule has 0 aromatic carbocycles. The third kappa shape index (κ3) is 3.71. The minimum atomic E-state index is 0.236. The van der Waals surface area contributed by atoms with E-state index in [0.29, 0.717) is 5.41 Å². The van der Waals surface area contributed by atoms with Crippen molar-refractivity contribution >= 4 is 0 Å². The fourth-order valence-electron chi connectivity index (χ4n) is 3.66. The molecule has 1 saturated carbocycles. The van der Waals surface area contributed by atoms with Gasteiger partial charge in [-0.1, -0.05) is 19.3 Å². The van der Waals surface area contributed by atoms with E-state index < -0.39 is 0 Å². The Morgan fingerprint density at radius 1 is 1.06 bits per heavy atom. The highest BCUT2D eigenvalue weighted by molar-refractivity contribution is 4.93.